The van der Waals surface area contributed by atoms with E-state index in [-0.39, 0.29) is 23.0 Å². The number of fused-ring (bicyclic) bond motifs is 1. The zero-order chi connectivity index (χ0) is 25.3. The van der Waals surface area contributed by atoms with Crippen LogP contribution in [0.5, 0.6) is 0 Å². The highest BCUT2D eigenvalue weighted by Gasteiger charge is 2.19. The number of nitrogens with one attached hydrogen (secondary N) is 3. The number of carbonyl (C=O) groups is 1. The second kappa shape index (κ2) is 9.45. The van der Waals surface area contributed by atoms with Crippen molar-refractivity contribution in [1.82, 2.24) is 14.5 Å². The zero-order valence-corrected chi connectivity index (χ0v) is 19.0. The molecule has 8 nitrogen and oxygen atoms in total. The molecule has 0 bridgehead atoms. The van der Waals surface area contributed by atoms with E-state index in [0.29, 0.717) is 28.2 Å². The lowest BCUT2D eigenvalue weighted by Crippen LogP contribution is -2.25. The lowest BCUT2D eigenvalue weighted by Gasteiger charge is -2.17. The number of hydrogen-bond acceptors (Lipinski definition) is 5. The largest absolute Gasteiger partial charge is 0.373 e. The summed E-state index contributed by atoms with van der Waals surface area (Å²) in [6, 6.07) is 3.43. The Hall–Kier alpha value is -4.41. The Kier molecular flexibility index (Phi) is 6.41. The summed E-state index contributed by atoms with van der Waals surface area (Å²) in [5, 5.41) is 8.70. The van der Waals surface area contributed by atoms with Crippen molar-refractivity contribution >= 4 is 34.0 Å². The van der Waals surface area contributed by atoms with Crippen LogP contribution in [0.3, 0.4) is 0 Å². The fraction of sp³-hybridized carbons (Fsp3) is 0.167. The van der Waals surface area contributed by atoms with Gasteiger partial charge in [0.05, 0.1) is 29.5 Å². The van der Waals surface area contributed by atoms with Gasteiger partial charge in [-0.1, -0.05) is 13.8 Å². The number of hydrogen-bond donors (Lipinski definition) is 3. The molecule has 0 aliphatic carbocycles. The summed E-state index contributed by atoms with van der Waals surface area (Å²) < 4.78 is 43.7. The van der Waals surface area contributed by atoms with E-state index in [0.717, 1.165) is 22.9 Å². The minimum absolute atomic E-state index is 0.0333. The number of anilines is 3. The number of rotatable bonds is 5. The molecule has 11 heteroatoms. The Morgan fingerprint density at radius 2 is 1.77 bits per heavy atom. The molecule has 0 spiro atoms. The number of urea groups is 1. The summed E-state index contributed by atoms with van der Waals surface area (Å²) in [7, 11) is 1.70. The first kappa shape index (κ1) is 23.7. The monoisotopic (exact) mass is 482 g/mol. The predicted molar refractivity (Wildman–Crippen MR) is 128 cm³/mol. The van der Waals surface area contributed by atoms with Gasteiger partial charge in [-0.2, -0.15) is 0 Å². The molecule has 3 heterocycles. The molecule has 0 fully saturated rings. The molecule has 4 aromatic rings. The number of aromatic nitrogens is 3. The smallest absolute Gasteiger partial charge is 0.323 e. The van der Waals surface area contributed by atoms with Crippen molar-refractivity contribution in [2.45, 2.75) is 19.8 Å². The fourth-order valence-corrected chi connectivity index (χ4v) is 3.70. The van der Waals surface area contributed by atoms with Crippen LogP contribution >= 0.6 is 0 Å². The lowest BCUT2D eigenvalue weighted by atomic mass is 9.99. The van der Waals surface area contributed by atoms with Gasteiger partial charge in [0.1, 0.15) is 23.3 Å². The maximum absolute atomic E-state index is 14.9. The van der Waals surface area contributed by atoms with Crippen LogP contribution in [0.25, 0.3) is 16.5 Å². The molecule has 3 aromatic heterocycles. The fourth-order valence-electron chi connectivity index (χ4n) is 3.70. The number of carbonyl (C=O) groups excluding carboxylic acids is 1. The Labute approximate surface area is 197 Å². The van der Waals surface area contributed by atoms with Crippen LogP contribution in [-0.4, -0.2) is 27.6 Å². The molecule has 35 heavy (non-hydrogen) atoms. The third-order valence-electron chi connectivity index (χ3n) is 5.28. The Morgan fingerprint density at radius 3 is 2.46 bits per heavy atom. The van der Waals surface area contributed by atoms with Crippen LogP contribution in [0, 0.1) is 17.5 Å². The van der Waals surface area contributed by atoms with Gasteiger partial charge in [0.15, 0.2) is 0 Å². The SMILES string of the molecule is CNc1cc2c(C(C)C)c(=O)n(-c3cc(NC(=O)Nc4cncc(F)c4)c(F)cc3F)cc2cn1. The third-order valence-corrected chi connectivity index (χ3v) is 5.28. The van der Waals surface area contributed by atoms with E-state index >= 15 is 0 Å². The van der Waals surface area contributed by atoms with Gasteiger partial charge in [-0.15, -0.1) is 0 Å². The summed E-state index contributed by atoms with van der Waals surface area (Å²) in [4.78, 5) is 33.6. The molecular formula is C24H21F3N6O2. The summed E-state index contributed by atoms with van der Waals surface area (Å²) >= 11 is 0. The summed E-state index contributed by atoms with van der Waals surface area (Å²) in [6.45, 7) is 3.67. The molecule has 180 valence electrons. The first-order chi connectivity index (χ1) is 16.7. The number of nitrogens with zero attached hydrogens (tertiary/aromatic N) is 3. The average molecular weight is 482 g/mol. The Morgan fingerprint density at radius 1 is 1.00 bits per heavy atom. The topological polar surface area (TPSA) is 101 Å². The van der Waals surface area contributed by atoms with Gasteiger partial charge in [-0.25, -0.2) is 22.9 Å². The van der Waals surface area contributed by atoms with Gasteiger partial charge >= 0.3 is 6.03 Å². The molecule has 0 aliphatic rings. The highest BCUT2D eigenvalue weighted by Crippen LogP contribution is 2.27. The van der Waals surface area contributed by atoms with E-state index in [4.69, 9.17) is 0 Å². The highest BCUT2D eigenvalue weighted by atomic mass is 19.1. The molecule has 0 unspecified atom stereocenters. The molecule has 0 aliphatic heterocycles. The molecule has 0 saturated heterocycles. The lowest BCUT2D eigenvalue weighted by molar-refractivity contribution is 0.262. The van der Waals surface area contributed by atoms with Crippen LogP contribution in [0.2, 0.25) is 0 Å². The Balaban J connectivity index is 1.78. The number of pyridine rings is 3. The van der Waals surface area contributed by atoms with Crippen molar-refractivity contribution < 1.29 is 18.0 Å². The second-order valence-electron chi connectivity index (χ2n) is 8.03. The first-order valence-electron chi connectivity index (χ1n) is 10.6. The van der Waals surface area contributed by atoms with Gasteiger partial charge in [0, 0.05) is 42.5 Å². The van der Waals surface area contributed by atoms with Gasteiger partial charge < -0.3 is 16.0 Å². The van der Waals surface area contributed by atoms with Gasteiger partial charge in [0.2, 0.25) is 0 Å². The molecule has 2 amide bonds. The van der Waals surface area contributed by atoms with E-state index < -0.39 is 29.0 Å². The molecule has 1 aromatic carbocycles. The van der Waals surface area contributed by atoms with E-state index in [2.05, 4.69) is 25.9 Å². The molecule has 4 rings (SSSR count). The first-order valence-corrected chi connectivity index (χ1v) is 10.6. The van der Waals surface area contributed by atoms with Gasteiger partial charge in [-0.05, 0) is 23.4 Å². The maximum atomic E-state index is 14.9. The standard InChI is InChI=1S/C24H21F3N6O2/c1-12(2)22-16-5-21(28-3)30-8-13(16)11-33(23(22)34)20-7-19(17(26)6-18(20)27)32-24(35)31-15-4-14(25)9-29-10-15/h4-12,28H,1-3H3,(H2,31,32,35). The van der Waals surface area contributed by atoms with Crippen molar-refractivity contribution in [3.63, 3.8) is 0 Å². The summed E-state index contributed by atoms with van der Waals surface area (Å²) in [6.07, 6.45) is 5.11. The van der Waals surface area contributed by atoms with Crippen molar-refractivity contribution in [3.8, 4) is 5.69 Å². The van der Waals surface area contributed by atoms with Crippen LogP contribution in [-0.2, 0) is 0 Å². The third kappa shape index (κ3) is 4.79. The minimum atomic E-state index is -1.06. The number of halogens is 3. The van der Waals surface area contributed by atoms with Crippen molar-refractivity contribution in [2.24, 2.45) is 0 Å². The molecule has 0 atom stereocenters. The van der Waals surface area contributed by atoms with E-state index in [1.54, 1.807) is 19.3 Å². The minimum Gasteiger partial charge on any atom is -0.373 e. The van der Waals surface area contributed by atoms with Gasteiger partial charge in [0.25, 0.3) is 5.56 Å². The maximum Gasteiger partial charge on any atom is 0.323 e. The highest BCUT2D eigenvalue weighted by molar-refractivity contribution is 6.00. The van der Waals surface area contributed by atoms with Crippen LogP contribution < -0.4 is 21.5 Å². The normalized spacial score (nSPS) is 11.1. The quantitative estimate of drug-likeness (QED) is 0.371. The predicted octanol–water partition coefficient (Wildman–Crippen LogP) is 5.01. The van der Waals surface area contributed by atoms with E-state index in [1.807, 2.05) is 13.8 Å². The van der Waals surface area contributed by atoms with Crippen molar-refractivity contribution in [2.75, 3.05) is 23.0 Å². The average Bonchev–Trinajstić information content (AvgIpc) is 2.80. The second-order valence-corrected chi connectivity index (χ2v) is 8.03. The van der Waals surface area contributed by atoms with Crippen LogP contribution in [0.4, 0.5) is 35.2 Å². The summed E-state index contributed by atoms with van der Waals surface area (Å²) in [5.74, 6) is -2.38. The summed E-state index contributed by atoms with van der Waals surface area (Å²) in [5.41, 5.74) is -0.680. The number of benzene rings is 1. The van der Waals surface area contributed by atoms with E-state index in [9.17, 15) is 22.8 Å². The van der Waals surface area contributed by atoms with Crippen LogP contribution in [0.1, 0.15) is 25.3 Å². The molecule has 3 N–H and O–H groups in total. The molecular weight excluding hydrogens is 461 g/mol. The zero-order valence-electron chi connectivity index (χ0n) is 19.0. The van der Waals surface area contributed by atoms with Crippen molar-refractivity contribution in [3.05, 3.63) is 82.4 Å². The van der Waals surface area contributed by atoms with Gasteiger partial charge in [-0.3, -0.25) is 14.3 Å². The van der Waals surface area contributed by atoms with Crippen LogP contribution in [0.15, 0.2) is 53.8 Å². The van der Waals surface area contributed by atoms with Crippen molar-refractivity contribution in [1.29, 1.82) is 0 Å². The molecule has 0 saturated carbocycles. The van der Waals surface area contributed by atoms with E-state index in [1.165, 1.54) is 12.4 Å². The molecule has 0 radical (unpaired) electrons. The number of amides is 2. The Bertz CT molecular complexity index is 1500.